The summed E-state index contributed by atoms with van der Waals surface area (Å²) >= 11 is 0. The fourth-order valence-electron chi connectivity index (χ4n) is 8.49. The molecule has 56 heavy (non-hydrogen) atoms. The lowest BCUT2D eigenvalue weighted by Gasteiger charge is -2.15. The predicted octanol–water partition coefficient (Wildman–Crippen LogP) is 15.8. The molecule has 0 spiro atoms. The van der Waals surface area contributed by atoms with E-state index < -0.39 is 0 Å². The molecule has 10 rings (SSSR count). The highest BCUT2D eigenvalue weighted by molar-refractivity contribution is 6.26. The van der Waals surface area contributed by atoms with Crippen LogP contribution in [0, 0.1) is 13.8 Å². The molecule has 0 saturated carbocycles. The highest BCUT2D eigenvalue weighted by atomic mass is 14.2. The number of aryl methyl sites for hydroxylation is 2. The Balaban J connectivity index is 1.10. The molecule has 0 unspecified atom stereocenters. The van der Waals surface area contributed by atoms with Crippen LogP contribution in [0.15, 0.2) is 206 Å². The van der Waals surface area contributed by atoms with E-state index in [4.69, 9.17) is 0 Å². The van der Waals surface area contributed by atoms with E-state index in [2.05, 4.69) is 220 Å². The predicted molar refractivity (Wildman–Crippen MR) is 241 cm³/mol. The van der Waals surface area contributed by atoms with Crippen LogP contribution in [0.5, 0.6) is 0 Å². The number of benzene rings is 10. The van der Waals surface area contributed by atoms with Crippen molar-refractivity contribution in [2.24, 2.45) is 0 Å². The molecule has 0 saturated heterocycles. The molecule has 0 aliphatic rings. The van der Waals surface area contributed by atoms with Gasteiger partial charge in [-0.2, -0.15) is 0 Å². The summed E-state index contributed by atoms with van der Waals surface area (Å²) in [6.07, 6.45) is 0. The van der Waals surface area contributed by atoms with Crippen LogP contribution in [0.25, 0.3) is 99.1 Å². The standard InChI is InChI=1S/C56H40/c1-37-21-25-39(26-22-37)47-15-3-5-17-49(47)45-13-9-11-41(33-45)43-29-31-53-51-19-7-8-20-52(51)54-32-30-44(36-56(54)55(53)35-43)42-12-10-14-46(34-42)50-18-6-4-16-48(50)40-27-23-38(2)24-28-40/h3-36H,1-2H3. The van der Waals surface area contributed by atoms with Gasteiger partial charge in [-0.1, -0.05) is 193 Å². The van der Waals surface area contributed by atoms with E-state index in [-0.39, 0.29) is 0 Å². The van der Waals surface area contributed by atoms with Crippen molar-refractivity contribution in [1.29, 1.82) is 0 Å². The molecular formula is C56H40. The van der Waals surface area contributed by atoms with Crippen LogP contribution in [0.2, 0.25) is 0 Å². The van der Waals surface area contributed by atoms with Crippen molar-refractivity contribution in [2.45, 2.75) is 13.8 Å². The van der Waals surface area contributed by atoms with E-state index >= 15 is 0 Å². The van der Waals surface area contributed by atoms with Crippen LogP contribution in [0.4, 0.5) is 0 Å². The lowest BCUT2D eigenvalue weighted by molar-refractivity contribution is 1.47. The first-order chi connectivity index (χ1) is 27.6. The van der Waals surface area contributed by atoms with Crippen molar-refractivity contribution < 1.29 is 0 Å². The maximum absolute atomic E-state index is 2.41. The number of fused-ring (bicyclic) bond motifs is 6. The monoisotopic (exact) mass is 712 g/mol. The smallest absolute Gasteiger partial charge is 0.00926 e. The van der Waals surface area contributed by atoms with Gasteiger partial charge in [-0.25, -0.2) is 0 Å². The summed E-state index contributed by atoms with van der Waals surface area (Å²) in [5, 5.41) is 7.65. The fraction of sp³-hybridized carbons (Fsp3) is 0.0357. The molecule has 0 aromatic heterocycles. The molecule has 10 aromatic carbocycles. The van der Waals surface area contributed by atoms with Gasteiger partial charge in [0, 0.05) is 0 Å². The van der Waals surface area contributed by atoms with Gasteiger partial charge >= 0.3 is 0 Å². The zero-order valence-corrected chi connectivity index (χ0v) is 31.6. The van der Waals surface area contributed by atoms with Gasteiger partial charge in [0.05, 0.1) is 0 Å². The molecule has 264 valence electrons. The van der Waals surface area contributed by atoms with E-state index in [1.165, 1.54) is 110 Å². The maximum Gasteiger partial charge on any atom is -0.00926 e. The third kappa shape index (κ3) is 6.06. The molecule has 0 heterocycles. The molecule has 0 aliphatic heterocycles. The second kappa shape index (κ2) is 14.0. The molecule has 0 amide bonds. The van der Waals surface area contributed by atoms with Crippen LogP contribution >= 0.6 is 0 Å². The topological polar surface area (TPSA) is 0 Å². The molecule has 0 heteroatoms. The fourth-order valence-corrected chi connectivity index (χ4v) is 8.49. The molecule has 0 fully saturated rings. The SMILES string of the molecule is Cc1ccc(-c2ccccc2-c2cccc(-c3ccc4c5ccccc5c5ccc(-c6cccc(-c7ccccc7-c7ccc(C)cc7)c6)cc5c4c3)c2)cc1. The van der Waals surface area contributed by atoms with Crippen molar-refractivity contribution in [3.63, 3.8) is 0 Å². The third-order valence-electron chi connectivity index (χ3n) is 11.4. The van der Waals surface area contributed by atoms with Gasteiger partial charge in [0.1, 0.15) is 0 Å². The summed E-state index contributed by atoms with van der Waals surface area (Å²) < 4.78 is 0. The lowest BCUT2D eigenvalue weighted by Crippen LogP contribution is -1.89. The van der Waals surface area contributed by atoms with E-state index in [1.54, 1.807) is 0 Å². The Morgan fingerprint density at radius 2 is 0.500 bits per heavy atom. The summed E-state index contributed by atoms with van der Waals surface area (Å²) in [7, 11) is 0. The van der Waals surface area contributed by atoms with Crippen molar-refractivity contribution in [1.82, 2.24) is 0 Å². The lowest BCUT2D eigenvalue weighted by atomic mass is 9.89. The third-order valence-corrected chi connectivity index (χ3v) is 11.4. The minimum atomic E-state index is 1.21. The second-order valence-corrected chi connectivity index (χ2v) is 15.1. The van der Waals surface area contributed by atoms with Crippen LogP contribution in [0.1, 0.15) is 11.1 Å². The summed E-state index contributed by atoms with van der Waals surface area (Å²) in [5.74, 6) is 0. The summed E-state index contributed by atoms with van der Waals surface area (Å²) in [6.45, 7) is 4.28. The summed E-state index contributed by atoms with van der Waals surface area (Å²) in [6, 6.07) is 76.2. The molecule has 0 atom stereocenters. The van der Waals surface area contributed by atoms with Gasteiger partial charge in [0.2, 0.25) is 0 Å². The first-order valence-corrected chi connectivity index (χ1v) is 19.5. The highest BCUT2D eigenvalue weighted by Crippen LogP contribution is 2.41. The van der Waals surface area contributed by atoms with Gasteiger partial charge in [0.15, 0.2) is 0 Å². The number of rotatable bonds is 6. The van der Waals surface area contributed by atoms with Crippen molar-refractivity contribution in [3.05, 3.63) is 217 Å². The molecule has 10 aromatic rings. The normalized spacial score (nSPS) is 11.4. The van der Waals surface area contributed by atoms with Crippen molar-refractivity contribution >= 4 is 32.3 Å². The Hall–Kier alpha value is -7.02. The number of hydrogen-bond donors (Lipinski definition) is 0. The Morgan fingerprint density at radius 1 is 0.196 bits per heavy atom. The van der Waals surface area contributed by atoms with Gasteiger partial charge in [-0.05, 0) is 137 Å². The van der Waals surface area contributed by atoms with E-state index in [1.807, 2.05) is 0 Å². The quantitative estimate of drug-likeness (QED) is 0.151. The molecule has 0 radical (unpaired) electrons. The summed E-state index contributed by atoms with van der Waals surface area (Å²) in [4.78, 5) is 0. The molecule has 0 aliphatic carbocycles. The Bertz CT molecular complexity index is 2860. The maximum atomic E-state index is 2.41. The van der Waals surface area contributed by atoms with Gasteiger partial charge in [0.25, 0.3) is 0 Å². The average molecular weight is 713 g/mol. The minimum absolute atomic E-state index is 1.21. The molecular weight excluding hydrogens is 673 g/mol. The van der Waals surface area contributed by atoms with Crippen LogP contribution in [0.3, 0.4) is 0 Å². The molecule has 0 bridgehead atoms. The Morgan fingerprint density at radius 3 is 0.911 bits per heavy atom. The average Bonchev–Trinajstić information content (AvgIpc) is 3.27. The zero-order valence-electron chi connectivity index (χ0n) is 31.6. The largest absolute Gasteiger partial charge is 0.0616 e. The zero-order chi connectivity index (χ0) is 37.6. The molecule has 0 N–H and O–H groups in total. The van der Waals surface area contributed by atoms with Crippen LogP contribution < -0.4 is 0 Å². The minimum Gasteiger partial charge on any atom is -0.0616 e. The van der Waals surface area contributed by atoms with Crippen LogP contribution in [-0.4, -0.2) is 0 Å². The Kier molecular flexibility index (Phi) is 8.38. The van der Waals surface area contributed by atoms with Gasteiger partial charge in [-0.15, -0.1) is 0 Å². The van der Waals surface area contributed by atoms with Gasteiger partial charge < -0.3 is 0 Å². The van der Waals surface area contributed by atoms with Crippen molar-refractivity contribution in [3.8, 4) is 66.8 Å². The first kappa shape index (κ1) is 33.5. The Labute approximate surface area is 329 Å². The highest BCUT2D eigenvalue weighted by Gasteiger charge is 2.14. The van der Waals surface area contributed by atoms with E-state index in [9.17, 15) is 0 Å². The summed E-state index contributed by atoms with van der Waals surface area (Å²) in [5.41, 5.74) is 17.2. The van der Waals surface area contributed by atoms with E-state index in [0.717, 1.165) is 0 Å². The van der Waals surface area contributed by atoms with E-state index in [0.29, 0.717) is 0 Å². The number of hydrogen-bond acceptors (Lipinski definition) is 0. The van der Waals surface area contributed by atoms with Crippen LogP contribution in [-0.2, 0) is 0 Å². The second-order valence-electron chi connectivity index (χ2n) is 15.1. The first-order valence-electron chi connectivity index (χ1n) is 19.5. The van der Waals surface area contributed by atoms with Crippen molar-refractivity contribution in [2.75, 3.05) is 0 Å². The molecule has 0 nitrogen and oxygen atoms in total. The van der Waals surface area contributed by atoms with Gasteiger partial charge in [-0.3, -0.25) is 0 Å².